The van der Waals surface area contributed by atoms with Crippen LogP contribution in [0.5, 0.6) is 11.6 Å². The normalized spacial score (nSPS) is 22.3. The summed E-state index contributed by atoms with van der Waals surface area (Å²) in [5, 5.41) is 17.3. The van der Waals surface area contributed by atoms with Crippen LogP contribution in [0.1, 0.15) is 33.9 Å². The highest BCUT2D eigenvalue weighted by atomic mass is 31.2. The van der Waals surface area contributed by atoms with Crippen molar-refractivity contribution in [3.8, 4) is 11.6 Å². The van der Waals surface area contributed by atoms with E-state index in [-0.39, 0.29) is 28.7 Å². The fourth-order valence-corrected chi connectivity index (χ4v) is 5.62. The molecule has 0 aliphatic carbocycles. The van der Waals surface area contributed by atoms with Gasteiger partial charge in [-0.1, -0.05) is 23.3 Å². The average molecular weight is 606 g/mol. The van der Waals surface area contributed by atoms with E-state index in [9.17, 15) is 20.0 Å². The first-order chi connectivity index (χ1) is 20.0. The number of rotatable bonds is 13. The maximum absolute atomic E-state index is 13.8. The van der Waals surface area contributed by atoms with Crippen molar-refractivity contribution in [1.29, 1.82) is 0 Å². The largest absolute Gasteiger partial charge is 0.476 e. The van der Waals surface area contributed by atoms with Crippen LogP contribution in [-0.4, -0.2) is 74.2 Å². The molecule has 17 nitrogen and oxygen atoms in total. The molecule has 1 saturated heterocycles. The van der Waals surface area contributed by atoms with Crippen LogP contribution in [0.3, 0.4) is 0 Å². The molecule has 1 fully saturated rings. The van der Waals surface area contributed by atoms with E-state index in [1.165, 1.54) is 17.8 Å². The predicted molar refractivity (Wildman–Crippen MR) is 148 cm³/mol. The number of esters is 1. The van der Waals surface area contributed by atoms with E-state index in [1.54, 1.807) is 51.1 Å². The lowest BCUT2D eigenvalue weighted by Crippen LogP contribution is -2.37. The number of nitrogen functional groups attached to an aromatic ring is 1. The van der Waals surface area contributed by atoms with Crippen molar-refractivity contribution < 1.29 is 37.7 Å². The molecule has 4 N–H and O–H groups in total. The van der Waals surface area contributed by atoms with E-state index in [2.05, 4.69) is 30.1 Å². The summed E-state index contributed by atoms with van der Waals surface area (Å²) in [5.74, 6) is -0.428. The predicted octanol–water partition coefficient (Wildman–Crippen LogP) is 2.88. The molecule has 2 aromatic heterocycles. The number of anilines is 1. The Labute approximate surface area is 240 Å². The number of hydrogen-bond donors (Lipinski definition) is 3. The van der Waals surface area contributed by atoms with Crippen molar-refractivity contribution in [2.75, 3.05) is 18.9 Å². The molecular formula is C24H32N9O8P. The molecule has 18 heteroatoms. The summed E-state index contributed by atoms with van der Waals surface area (Å²) in [7, 11) is -4.27. The van der Waals surface area contributed by atoms with Gasteiger partial charge in [-0.05, 0) is 45.4 Å². The minimum absolute atomic E-state index is 0.0957. The molecule has 1 aliphatic heterocycles. The van der Waals surface area contributed by atoms with Crippen molar-refractivity contribution in [2.45, 2.75) is 64.3 Å². The van der Waals surface area contributed by atoms with E-state index in [0.29, 0.717) is 6.61 Å². The molecule has 42 heavy (non-hydrogen) atoms. The van der Waals surface area contributed by atoms with Gasteiger partial charge in [0.2, 0.25) is 11.8 Å². The molecule has 3 heterocycles. The summed E-state index contributed by atoms with van der Waals surface area (Å²) in [6.45, 7) is 6.37. The second-order valence-corrected chi connectivity index (χ2v) is 11.1. The second kappa shape index (κ2) is 13.3. The molecular weight excluding hydrogens is 573 g/mol. The van der Waals surface area contributed by atoms with E-state index in [4.69, 9.17) is 29.0 Å². The number of para-hydroxylation sites is 1. The van der Waals surface area contributed by atoms with Gasteiger partial charge in [0, 0.05) is 4.91 Å². The van der Waals surface area contributed by atoms with Crippen molar-refractivity contribution in [3.63, 3.8) is 0 Å². The average Bonchev–Trinajstić information content (AvgIpc) is 3.48. The molecule has 3 aromatic rings. The molecule has 0 spiro atoms. The fourth-order valence-electron chi connectivity index (χ4n) is 4.12. The number of nitrogens with zero attached hydrogens (tertiary/aromatic N) is 7. The summed E-state index contributed by atoms with van der Waals surface area (Å²) in [4.78, 5) is 27.8. The third kappa shape index (κ3) is 7.07. The van der Waals surface area contributed by atoms with Crippen LogP contribution in [0.25, 0.3) is 21.6 Å². The van der Waals surface area contributed by atoms with Crippen LogP contribution < -0.4 is 20.1 Å². The number of fused-ring (bicyclic) bond motifs is 1. The highest BCUT2D eigenvalue weighted by molar-refractivity contribution is 7.52. The van der Waals surface area contributed by atoms with E-state index < -0.39 is 56.9 Å². The fraction of sp³-hybridized carbons (Fsp3) is 0.500. The molecule has 226 valence electrons. The molecule has 0 saturated carbocycles. The minimum atomic E-state index is -4.27. The molecule has 0 amide bonds. The summed E-state index contributed by atoms with van der Waals surface area (Å²) in [6.07, 6.45) is -2.74. The molecule has 1 aliphatic rings. The SMILES string of the molecule is CCOc1nc(N)nc2c1ncn2[C@@H]1O[C@H](CO[P@@](=O)(N[C@@H](C)C(=O)OC(C)C)Oc2ccccc2)[C@@H](O)[C@H]1N=[N+]=[N-]. The maximum atomic E-state index is 13.8. The number of carbonyl (C=O) groups is 1. The summed E-state index contributed by atoms with van der Waals surface area (Å²) in [6, 6.07) is 5.92. The first-order valence-corrected chi connectivity index (χ1v) is 14.6. The lowest BCUT2D eigenvalue weighted by molar-refractivity contribution is -0.149. The number of nitrogens with two attached hydrogens (primary N) is 1. The summed E-state index contributed by atoms with van der Waals surface area (Å²) in [5.41, 5.74) is 15.5. The molecule has 6 atom stereocenters. The Hall–Kier alpha value is -3.98. The number of aliphatic hydroxyl groups is 1. The number of imidazole rings is 1. The smallest absolute Gasteiger partial charge is 0.459 e. The van der Waals surface area contributed by atoms with Gasteiger partial charge in [-0.25, -0.2) is 9.55 Å². The number of carbonyl (C=O) groups excluding carboxylic acids is 1. The Kier molecular flexibility index (Phi) is 9.83. The van der Waals surface area contributed by atoms with Gasteiger partial charge in [0.15, 0.2) is 11.2 Å². The highest BCUT2D eigenvalue weighted by Crippen LogP contribution is 2.46. The third-order valence-electron chi connectivity index (χ3n) is 5.92. The first kappa shape index (κ1) is 31.0. The number of hydrogen-bond acceptors (Lipinski definition) is 13. The molecule has 0 unspecified atom stereocenters. The number of azide groups is 1. The molecule has 0 radical (unpaired) electrons. The number of aromatic nitrogens is 4. The van der Waals surface area contributed by atoms with Gasteiger partial charge >= 0.3 is 13.7 Å². The summed E-state index contributed by atoms with van der Waals surface area (Å²) >= 11 is 0. The van der Waals surface area contributed by atoms with E-state index >= 15 is 0 Å². The van der Waals surface area contributed by atoms with Crippen LogP contribution in [0.2, 0.25) is 0 Å². The highest BCUT2D eigenvalue weighted by Gasteiger charge is 2.46. The van der Waals surface area contributed by atoms with Crippen molar-refractivity contribution >= 4 is 30.8 Å². The summed E-state index contributed by atoms with van der Waals surface area (Å²) < 4.78 is 43.3. The van der Waals surface area contributed by atoms with Gasteiger partial charge < -0.3 is 29.6 Å². The van der Waals surface area contributed by atoms with E-state index in [0.717, 1.165) is 0 Å². The topological polar surface area (TPSA) is 231 Å². The van der Waals surface area contributed by atoms with E-state index in [1.807, 2.05) is 0 Å². The van der Waals surface area contributed by atoms with Crippen molar-refractivity contribution in [1.82, 2.24) is 24.6 Å². The first-order valence-electron chi connectivity index (χ1n) is 13.0. The van der Waals surface area contributed by atoms with Gasteiger partial charge in [0.25, 0.3) is 0 Å². The lowest BCUT2D eigenvalue weighted by Gasteiger charge is -2.25. The molecule has 0 bridgehead atoms. The van der Waals surface area contributed by atoms with Gasteiger partial charge in [0.1, 0.15) is 30.2 Å². The minimum Gasteiger partial charge on any atom is -0.476 e. The number of ether oxygens (including phenoxy) is 3. The van der Waals surface area contributed by atoms with Gasteiger partial charge in [0.05, 0.1) is 31.7 Å². The monoisotopic (exact) mass is 605 g/mol. The molecule has 4 rings (SSSR count). The standard InChI is InChI=1S/C24H32N9O8P/c1-5-37-21-18-20(28-24(25)29-21)33(12-27-18)22-17(30-32-26)19(34)16(40-22)11-38-42(36,41-15-9-7-6-8-10-15)31-14(4)23(35)39-13(2)3/h6-10,12-14,16-17,19,22,34H,5,11H2,1-4H3,(H,31,36)(H2,25,28,29)/t14-,16+,17+,19+,22+,42-/m0/s1. The Balaban J connectivity index is 1.58. The van der Waals surface area contributed by atoms with Crippen LogP contribution in [0.4, 0.5) is 5.95 Å². The number of benzene rings is 1. The van der Waals surface area contributed by atoms with Crippen LogP contribution in [0.15, 0.2) is 41.8 Å². The lowest BCUT2D eigenvalue weighted by atomic mass is 10.1. The Morgan fingerprint density at radius 3 is 2.71 bits per heavy atom. The van der Waals surface area contributed by atoms with Gasteiger partial charge in [-0.2, -0.15) is 15.1 Å². The van der Waals surface area contributed by atoms with Gasteiger partial charge in [-0.3, -0.25) is 13.9 Å². The second-order valence-electron chi connectivity index (χ2n) is 9.43. The number of nitrogens with one attached hydrogen (secondary N) is 1. The molecule has 1 aromatic carbocycles. The van der Waals surface area contributed by atoms with Crippen LogP contribution in [0, 0.1) is 0 Å². The quantitative estimate of drug-likeness (QED) is 0.0837. The zero-order chi connectivity index (χ0) is 30.4. The van der Waals surface area contributed by atoms with Crippen LogP contribution in [-0.2, 0) is 23.4 Å². The zero-order valence-electron chi connectivity index (χ0n) is 23.3. The van der Waals surface area contributed by atoms with Gasteiger partial charge in [-0.15, -0.1) is 0 Å². The van der Waals surface area contributed by atoms with Crippen molar-refractivity contribution in [3.05, 3.63) is 47.1 Å². The van der Waals surface area contributed by atoms with Crippen LogP contribution >= 0.6 is 7.75 Å². The number of aliphatic hydroxyl groups excluding tert-OH is 1. The Morgan fingerprint density at radius 2 is 2.05 bits per heavy atom. The maximum Gasteiger partial charge on any atom is 0.459 e. The Morgan fingerprint density at radius 1 is 1.31 bits per heavy atom. The van der Waals surface area contributed by atoms with Crippen molar-refractivity contribution in [2.24, 2.45) is 5.11 Å². The zero-order valence-corrected chi connectivity index (χ0v) is 24.2. The Bertz CT molecular complexity index is 1480. The third-order valence-corrected chi connectivity index (χ3v) is 7.56.